The van der Waals surface area contributed by atoms with Gasteiger partial charge in [-0.15, -0.1) is 0 Å². The number of likely N-dealkylation sites (N-methyl/N-ethyl adjacent to an activating group) is 1. The summed E-state index contributed by atoms with van der Waals surface area (Å²) in [6.07, 6.45) is 2.18. The van der Waals surface area contributed by atoms with E-state index in [1.54, 1.807) is 12.1 Å². The van der Waals surface area contributed by atoms with Gasteiger partial charge in [0.15, 0.2) is 0 Å². The molecule has 1 amide bonds. The maximum Gasteiger partial charge on any atom is 0.293 e. The molecule has 0 unspecified atom stereocenters. The lowest BCUT2D eigenvalue weighted by molar-refractivity contribution is -0.384. The minimum Gasteiger partial charge on any atom is -0.366 e. The summed E-state index contributed by atoms with van der Waals surface area (Å²) in [6, 6.07) is 4.81. The molecule has 1 aromatic carbocycles. The quantitative estimate of drug-likeness (QED) is 0.568. The number of nitro groups is 1. The smallest absolute Gasteiger partial charge is 0.293 e. The van der Waals surface area contributed by atoms with E-state index < -0.39 is 0 Å². The van der Waals surface area contributed by atoms with Crippen molar-refractivity contribution in [1.29, 1.82) is 0 Å². The third-order valence-corrected chi connectivity index (χ3v) is 5.04. The van der Waals surface area contributed by atoms with E-state index in [1.165, 1.54) is 6.07 Å². The van der Waals surface area contributed by atoms with Gasteiger partial charge in [-0.25, -0.2) is 0 Å². The molecule has 1 fully saturated rings. The molecule has 1 atom stereocenters. The molecule has 7 nitrogen and oxygen atoms in total. The number of rotatable bonds is 8. The van der Waals surface area contributed by atoms with Crippen LogP contribution >= 0.6 is 0 Å². The Morgan fingerprint density at radius 1 is 1.38 bits per heavy atom. The number of carbonyl (C=O) groups excluding carboxylic acids is 1. The number of nitro benzene ring substituents is 1. The average Bonchev–Trinajstić information content (AvgIpc) is 2.64. The maximum absolute atomic E-state index is 12.4. The predicted molar refractivity (Wildman–Crippen MR) is 104 cm³/mol. The van der Waals surface area contributed by atoms with Crippen LogP contribution in [0.25, 0.3) is 0 Å². The molecule has 0 saturated carbocycles. The second-order valence-electron chi connectivity index (χ2n) is 6.94. The Hall–Kier alpha value is -2.15. The number of benzene rings is 1. The normalized spacial score (nSPS) is 17.4. The highest BCUT2D eigenvalue weighted by Gasteiger charge is 2.25. The van der Waals surface area contributed by atoms with Crippen LogP contribution in [-0.2, 0) is 0 Å². The first-order valence-corrected chi connectivity index (χ1v) is 9.50. The summed E-state index contributed by atoms with van der Waals surface area (Å²) < 4.78 is 0. The van der Waals surface area contributed by atoms with Crippen LogP contribution < -0.4 is 10.2 Å². The van der Waals surface area contributed by atoms with Gasteiger partial charge in [0.05, 0.1) is 4.92 Å². The zero-order valence-corrected chi connectivity index (χ0v) is 16.0. The summed E-state index contributed by atoms with van der Waals surface area (Å²) in [4.78, 5) is 27.8. The number of nitrogens with zero attached hydrogens (tertiary/aromatic N) is 3. The van der Waals surface area contributed by atoms with Gasteiger partial charge in [0.1, 0.15) is 5.69 Å². The molecular weight excluding hydrogens is 332 g/mol. The Morgan fingerprint density at radius 2 is 2.12 bits per heavy atom. The van der Waals surface area contributed by atoms with E-state index in [0.29, 0.717) is 23.7 Å². The van der Waals surface area contributed by atoms with Crippen LogP contribution in [0.15, 0.2) is 18.2 Å². The van der Waals surface area contributed by atoms with Gasteiger partial charge in [0, 0.05) is 37.8 Å². The summed E-state index contributed by atoms with van der Waals surface area (Å²) in [7, 11) is 0. The van der Waals surface area contributed by atoms with E-state index in [0.717, 1.165) is 45.6 Å². The fourth-order valence-corrected chi connectivity index (χ4v) is 3.46. The van der Waals surface area contributed by atoms with E-state index >= 15 is 0 Å². The fourth-order valence-electron chi connectivity index (χ4n) is 3.46. The third kappa shape index (κ3) is 5.17. The lowest BCUT2D eigenvalue weighted by Gasteiger charge is -2.32. The third-order valence-electron chi connectivity index (χ3n) is 5.04. The number of piperidine rings is 1. The molecule has 1 heterocycles. The molecule has 7 heteroatoms. The summed E-state index contributed by atoms with van der Waals surface area (Å²) in [6.45, 7) is 11.1. The maximum atomic E-state index is 12.4. The van der Waals surface area contributed by atoms with Crippen LogP contribution in [-0.4, -0.2) is 55.0 Å². The molecular formula is C19H30N4O3. The van der Waals surface area contributed by atoms with Gasteiger partial charge >= 0.3 is 0 Å². The second kappa shape index (κ2) is 9.52. The van der Waals surface area contributed by atoms with Gasteiger partial charge in [-0.1, -0.05) is 20.8 Å². The molecule has 144 valence electrons. The van der Waals surface area contributed by atoms with Crippen LogP contribution in [0.2, 0.25) is 0 Å². The first-order chi connectivity index (χ1) is 12.5. The molecule has 0 spiro atoms. The van der Waals surface area contributed by atoms with Crippen molar-refractivity contribution in [2.75, 3.05) is 44.2 Å². The summed E-state index contributed by atoms with van der Waals surface area (Å²) in [5, 5.41) is 14.4. The van der Waals surface area contributed by atoms with Gasteiger partial charge in [-0.3, -0.25) is 14.9 Å². The average molecular weight is 362 g/mol. The van der Waals surface area contributed by atoms with E-state index in [4.69, 9.17) is 0 Å². The van der Waals surface area contributed by atoms with Gasteiger partial charge < -0.3 is 15.1 Å². The molecule has 1 N–H and O–H groups in total. The number of amides is 1. The van der Waals surface area contributed by atoms with Crippen LogP contribution in [0.1, 0.15) is 44.0 Å². The molecule has 1 aromatic rings. The van der Waals surface area contributed by atoms with Crippen LogP contribution in [0.3, 0.4) is 0 Å². The first kappa shape index (κ1) is 20.2. The predicted octanol–water partition coefficient (Wildman–Crippen LogP) is 2.90. The molecule has 26 heavy (non-hydrogen) atoms. The topological polar surface area (TPSA) is 78.7 Å². The van der Waals surface area contributed by atoms with Gasteiger partial charge in [0.25, 0.3) is 11.6 Å². The number of nitrogens with one attached hydrogen (secondary N) is 1. The Kier molecular flexibility index (Phi) is 7.38. The van der Waals surface area contributed by atoms with Crippen molar-refractivity contribution in [1.82, 2.24) is 10.2 Å². The minimum atomic E-state index is -0.388. The molecule has 2 rings (SSSR count). The summed E-state index contributed by atoms with van der Waals surface area (Å²) >= 11 is 0. The summed E-state index contributed by atoms with van der Waals surface area (Å²) in [5.41, 5.74) is 0.960. The van der Waals surface area contributed by atoms with Gasteiger partial charge in [-0.2, -0.15) is 0 Å². The van der Waals surface area contributed by atoms with Gasteiger partial charge in [-0.05, 0) is 44.0 Å². The number of hydrogen-bond acceptors (Lipinski definition) is 5. The van der Waals surface area contributed by atoms with E-state index in [2.05, 4.69) is 35.9 Å². The van der Waals surface area contributed by atoms with Crippen molar-refractivity contribution < 1.29 is 9.72 Å². The summed E-state index contributed by atoms with van der Waals surface area (Å²) in [5.74, 6) is 0.255. The van der Waals surface area contributed by atoms with Gasteiger partial charge in [0.2, 0.25) is 0 Å². The zero-order chi connectivity index (χ0) is 19.1. The fraction of sp³-hybridized carbons (Fsp3) is 0.632. The number of anilines is 1. The highest BCUT2D eigenvalue weighted by molar-refractivity contribution is 5.95. The van der Waals surface area contributed by atoms with E-state index in [1.807, 2.05) is 0 Å². The highest BCUT2D eigenvalue weighted by atomic mass is 16.6. The SMILES string of the molecule is CCN(CC)CCNC(=O)c1ccc(N2CCC[C@@H](C)C2)c([N+](=O)[O-])c1. The standard InChI is InChI=1S/C19H30N4O3/c1-4-21(5-2)12-10-20-19(24)16-8-9-17(18(13-16)23(25)26)22-11-6-7-15(3)14-22/h8-9,13,15H,4-7,10-12,14H2,1-3H3,(H,20,24)/t15-/m1/s1. The van der Waals surface area contributed by atoms with Crippen molar-refractivity contribution in [3.63, 3.8) is 0 Å². The molecule has 1 aliphatic heterocycles. The number of hydrogen-bond donors (Lipinski definition) is 1. The second-order valence-corrected chi connectivity index (χ2v) is 6.94. The van der Waals surface area contributed by atoms with Crippen molar-refractivity contribution in [2.45, 2.75) is 33.6 Å². The van der Waals surface area contributed by atoms with Crippen molar-refractivity contribution in [2.24, 2.45) is 5.92 Å². The first-order valence-electron chi connectivity index (χ1n) is 9.50. The van der Waals surface area contributed by atoms with E-state index in [-0.39, 0.29) is 16.5 Å². The Bertz CT molecular complexity index is 631. The Balaban J connectivity index is 2.09. The minimum absolute atomic E-state index is 0.00972. The van der Waals surface area contributed by atoms with Crippen molar-refractivity contribution in [3.8, 4) is 0 Å². The monoisotopic (exact) mass is 362 g/mol. The lowest BCUT2D eigenvalue weighted by atomic mass is 9.99. The molecule has 0 bridgehead atoms. The van der Waals surface area contributed by atoms with Crippen molar-refractivity contribution in [3.05, 3.63) is 33.9 Å². The molecule has 1 saturated heterocycles. The number of carbonyl (C=O) groups is 1. The van der Waals surface area contributed by atoms with Crippen molar-refractivity contribution >= 4 is 17.3 Å². The lowest BCUT2D eigenvalue weighted by Crippen LogP contribution is -2.35. The molecule has 0 radical (unpaired) electrons. The molecule has 0 aliphatic carbocycles. The van der Waals surface area contributed by atoms with Crippen LogP contribution in [0, 0.1) is 16.0 Å². The van der Waals surface area contributed by atoms with Crippen LogP contribution in [0.4, 0.5) is 11.4 Å². The zero-order valence-electron chi connectivity index (χ0n) is 16.0. The molecule has 1 aliphatic rings. The Labute approximate surface area is 155 Å². The van der Waals surface area contributed by atoms with Crippen LogP contribution in [0.5, 0.6) is 0 Å². The highest BCUT2D eigenvalue weighted by Crippen LogP contribution is 2.32. The Morgan fingerprint density at radius 3 is 2.73 bits per heavy atom. The largest absolute Gasteiger partial charge is 0.366 e. The molecule has 0 aromatic heterocycles. The van der Waals surface area contributed by atoms with E-state index in [9.17, 15) is 14.9 Å².